The van der Waals surface area contributed by atoms with Gasteiger partial charge in [0.1, 0.15) is 0 Å². The van der Waals surface area contributed by atoms with Crippen molar-refractivity contribution in [3.05, 3.63) is 65.3 Å². The normalized spacial score (nSPS) is 12.4. The average Bonchev–Trinajstić information content (AvgIpc) is 2.47. The van der Waals surface area contributed by atoms with Gasteiger partial charge in [0, 0.05) is 0 Å². The Morgan fingerprint density at radius 2 is 1.57 bits per heavy atom. The average molecular weight is 284 g/mol. The molecule has 0 aliphatic carbocycles. The molecule has 1 N–H and O–H groups in total. The smallest absolute Gasteiger partial charge is 0.0618 e. The fourth-order valence-electron chi connectivity index (χ4n) is 2.29. The zero-order valence-electron chi connectivity index (χ0n) is 13.6. The summed E-state index contributed by atoms with van der Waals surface area (Å²) in [6.45, 7) is 6.60. The highest BCUT2D eigenvalue weighted by Crippen LogP contribution is 2.20. The number of hydrogen-bond donors (Lipinski definition) is 1. The zero-order chi connectivity index (χ0) is 15.5. The van der Waals surface area contributed by atoms with Crippen LogP contribution < -0.4 is 0 Å². The number of rotatable bonds is 8. The van der Waals surface area contributed by atoms with Gasteiger partial charge in [0.15, 0.2) is 0 Å². The monoisotopic (exact) mass is 284 g/mol. The third-order valence-electron chi connectivity index (χ3n) is 3.48. The van der Waals surface area contributed by atoms with E-state index in [1.807, 2.05) is 24.3 Å². The molecule has 114 valence electrons. The lowest BCUT2D eigenvalue weighted by Crippen LogP contribution is -1.87. The van der Waals surface area contributed by atoms with Crippen LogP contribution in [0.4, 0.5) is 0 Å². The molecule has 0 bridgehead atoms. The minimum absolute atomic E-state index is 0.105. The van der Waals surface area contributed by atoms with Crippen molar-refractivity contribution in [2.75, 3.05) is 6.61 Å². The molecular formula is C20H28O. The molecule has 0 heterocycles. The van der Waals surface area contributed by atoms with E-state index in [1.165, 1.54) is 22.3 Å². The highest BCUT2D eigenvalue weighted by Gasteiger charge is 2.00. The molecule has 1 nitrogen and oxygen atoms in total. The fraction of sp³-hybridized carbons (Fsp3) is 0.400. The summed E-state index contributed by atoms with van der Waals surface area (Å²) in [4.78, 5) is 0. The quantitative estimate of drug-likeness (QED) is 0.622. The molecule has 0 spiro atoms. The van der Waals surface area contributed by atoms with Crippen molar-refractivity contribution in [2.45, 2.75) is 46.5 Å². The Morgan fingerprint density at radius 1 is 0.905 bits per heavy atom. The highest BCUT2D eigenvalue weighted by molar-refractivity contribution is 5.65. The van der Waals surface area contributed by atoms with Crippen LogP contribution in [0.3, 0.4) is 0 Å². The lowest BCUT2D eigenvalue weighted by Gasteiger charge is -2.07. The second-order valence-corrected chi connectivity index (χ2v) is 5.69. The van der Waals surface area contributed by atoms with Crippen LogP contribution >= 0.6 is 0 Å². The van der Waals surface area contributed by atoms with Gasteiger partial charge in [0.2, 0.25) is 0 Å². The predicted molar refractivity (Wildman–Crippen MR) is 93.2 cm³/mol. The van der Waals surface area contributed by atoms with Gasteiger partial charge in [-0.15, -0.1) is 0 Å². The molecule has 1 heteroatoms. The maximum absolute atomic E-state index is 9.18. The van der Waals surface area contributed by atoms with Crippen LogP contribution in [0.15, 0.2) is 59.7 Å². The van der Waals surface area contributed by atoms with Crippen molar-refractivity contribution in [1.82, 2.24) is 0 Å². The van der Waals surface area contributed by atoms with Crippen LogP contribution in [-0.2, 0) is 0 Å². The first kappa shape index (κ1) is 17.5. The number of aliphatic hydroxyl groups excluding tert-OH is 1. The largest absolute Gasteiger partial charge is 0.392 e. The Morgan fingerprint density at radius 3 is 2.19 bits per heavy atom. The molecule has 0 saturated carbocycles. The summed E-state index contributed by atoms with van der Waals surface area (Å²) in [6, 6.07) is 10.3. The van der Waals surface area contributed by atoms with Crippen LogP contribution in [0.5, 0.6) is 0 Å². The fourth-order valence-corrected chi connectivity index (χ4v) is 2.29. The number of allylic oxidation sites excluding steroid dienone is 5. The van der Waals surface area contributed by atoms with E-state index in [2.05, 4.69) is 45.1 Å². The summed E-state index contributed by atoms with van der Waals surface area (Å²) in [5, 5.41) is 9.18. The molecule has 1 aromatic rings. The van der Waals surface area contributed by atoms with Crippen molar-refractivity contribution in [1.29, 1.82) is 0 Å². The van der Waals surface area contributed by atoms with E-state index in [0.717, 1.165) is 25.7 Å². The van der Waals surface area contributed by atoms with E-state index < -0.39 is 0 Å². The molecule has 0 unspecified atom stereocenters. The van der Waals surface area contributed by atoms with E-state index in [4.69, 9.17) is 0 Å². The van der Waals surface area contributed by atoms with E-state index in [1.54, 1.807) is 0 Å². The van der Waals surface area contributed by atoms with Crippen LogP contribution in [0, 0.1) is 0 Å². The van der Waals surface area contributed by atoms with Gasteiger partial charge in [0.25, 0.3) is 0 Å². The molecule has 0 radical (unpaired) electrons. The maximum Gasteiger partial charge on any atom is 0.0618 e. The Hall–Kier alpha value is -1.60. The Balaban J connectivity index is 2.51. The molecule has 0 aliphatic heterocycles. The van der Waals surface area contributed by atoms with Gasteiger partial charge in [-0.1, -0.05) is 59.7 Å². The van der Waals surface area contributed by atoms with Crippen LogP contribution in [0.25, 0.3) is 5.57 Å². The lowest BCUT2D eigenvalue weighted by molar-refractivity contribution is 0.343. The van der Waals surface area contributed by atoms with E-state index in [9.17, 15) is 5.11 Å². The second-order valence-electron chi connectivity index (χ2n) is 5.69. The van der Waals surface area contributed by atoms with Crippen LogP contribution in [0.2, 0.25) is 0 Å². The van der Waals surface area contributed by atoms with E-state index in [-0.39, 0.29) is 6.61 Å². The zero-order valence-corrected chi connectivity index (χ0v) is 13.6. The maximum atomic E-state index is 9.18. The molecule has 0 amide bonds. The minimum Gasteiger partial charge on any atom is -0.392 e. The van der Waals surface area contributed by atoms with Crippen molar-refractivity contribution in [3.63, 3.8) is 0 Å². The second kappa shape index (κ2) is 10.2. The van der Waals surface area contributed by atoms with Crippen molar-refractivity contribution in [3.8, 4) is 0 Å². The SMILES string of the molecule is CC(C)=CCC/C(C)=C/CC/C(=C/CO)c1ccccc1. The van der Waals surface area contributed by atoms with Crippen molar-refractivity contribution >= 4 is 5.57 Å². The minimum atomic E-state index is 0.105. The standard InChI is InChI=1S/C20H28O/c1-17(2)9-7-10-18(3)11-8-14-20(15-16-21)19-12-5-4-6-13-19/h4-6,9,11-13,15,21H,7-8,10,14,16H2,1-3H3/b18-11+,20-15-. The molecule has 0 aromatic heterocycles. The van der Waals surface area contributed by atoms with Gasteiger partial charge in [-0.3, -0.25) is 0 Å². The molecular weight excluding hydrogens is 256 g/mol. The summed E-state index contributed by atoms with van der Waals surface area (Å²) < 4.78 is 0. The molecule has 1 rings (SSSR count). The number of hydrogen-bond acceptors (Lipinski definition) is 1. The first-order chi connectivity index (χ1) is 10.1. The molecule has 0 fully saturated rings. The Kier molecular flexibility index (Phi) is 8.45. The van der Waals surface area contributed by atoms with Gasteiger partial charge < -0.3 is 5.11 Å². The van der Waals surface area contributed by atoms with Gasteiger partial charge in [-0.25, -0.2) is 0 Å². The molecule has 0 atom stereocenters. The van der Waals surface area contributed by atoms with Gasteiger partial charge in [-0.05, 0) is 57.6 Å². The van der Waals surface area contributed by atoms with Gasteiger partial charge in [0.05, 0.1) is 6.61 Å². The third-order valence-corrected chi connectivity index (χ3v) is 3.48. The third kappa shape index (κ3) is 7.67. The Bertz CT molecular complexity index is 488. The van der Waals surface area contributed by atoms with E-state index in [0.29, 0.717) is 0 Å². The molecule has 21 heavy (non-hydrogen) atoms. The summed E-state index contributed by atoms with van der Waals surface area (Å²) >= 11 is 0. The van der Waals surface area contributed by atoms with Gasteiger partial charge in [-0.2, -0.15) is 0 Å². The van der Waals surface area contributed by atoms with Crippen LogP contribution in [0.1, 0.15) is 52.0 Å². The van der Waals surface area contributed by atoms with Crippen molar-refractivity contribution in [2.24, 2.45) is 0 Å². The number of aliphatic hydroxyl groups is 1. The molecule has 1 aromatic carbocycles. The molecule has 0 aliphatic rings. The first-order valence-electron chi connectivity index (χ1n) is 7.77. The lowest BCUT2D eigenvalue weighted by atomic mass is 9.99. The summed E-state index contributed by atoms with van der Waals surface area (Å²) in [5.41, 5.74) is 5.28. The first-order valence-corrected chi connectivity index (χ1v) is 7.77. The Labute approximate surface area is 129 Å². The van der Waals surface area contributed by atoms with Gasteiger partial charge >= 0.3 is 0 Å². The number of benzene rings is 1. The summed E-state index contributed by atoms with van der Waals surface area (Å²) in [6.07, 6.45) is 10.8. The predicted octanol–water partition coefficient (Wildman–Crippen LogP) is 5.54. The van der Waals surface area contributed by atoms with Crippen LogP contribution in [-0.4, -0.2) is 11.7 Å². The van der Waals surface area contributed by atoms with Crippen molar-refractivity contribution < 1.29 is 5.11 Å². The highest BCUT2D eigenvalue weighted by atomic mass is 16.2. The summed E-state index contributed by atoms with van der Waals surface area (Å²) in [7, 11) is 0. The molecule has 0 saturated heterocycles. The van der Waals surface area contributed by atoms with E-state index >= 15 is 0 Å². The summed E-state index contributed by atoms with van der Waals surface area (Å²) in [5.74, 6) is 0. The topological polar surface area (TPSA) is 20.2 Å².